The van der Waals surface area contributed by atoms with Crippen LogP contribution in [0.1, 0.15) is 32.9 Å². The summed E-state index contributed by atoms with van der Waals surface area (Å²) in [6.45, 7) is 7.50. The summed E-state index contributed by atoms with van der Waals surface area (Å²) in [5.41, 5.74) is 2.38. The minimum atomic E-state index is -0.0991. The number of rotatable bonds is 5. The van der Waals surface area contributed by atoms with Crippen molar-refractivity contribution < 1.29 is 9.47 Å². The first-order chi connectivity index (χ1) is 15.4. The number of aryl methyl sites for hydroxylation is 1. The summed E-state index contributed by atoms with van der Waals surface area (Å²) in [5, 5.41) is 9.27. The minimum absolute atomic E-state index is 0.0102. The van der Waals surface area contributed by atoms with Gasteiger partial charge in [-0.05, 0) is 32.0 Å². The van der Waals surface area contributed by atoms with Crippen molar-refractivity contribution in [3.8, 4) is 17.7 Å². The van der Waals surface area contributed by atoms with Crippen molar-refractivity contribution in [1.29, 1.82) is 5.26 Å². The van der Waals surface area contributed by atoms with E-state index < -0.39 is 0 Å². The van der Waals surface area contributed by atoms with Gasteiger partial charge in [0.2, 0.25) is 5.88 Å². The topological polar surface area (TPSA) is 93.3 Å². The summed E-state index contributed by atoms with van der Waals surface area (Å²) in [6, 6.07) is 10.8. The summed E-state index contributed by atoms with van der Waals surface area (Å²) in [7, 11) is 1.72. The molecule has 2 atom stereocenters. The van der Waals surface area contributed by atoms with Gasteiger partial charge in [0.25, 0.3) is 5.56 Å². The molecule has 0 amide bonds. The van der Waals surface area contributed by atoms with Crippen molar-refractivity contribution in [2.24, 2.45) is 13.0 Å². The van der Waals surface area contributed by atoms with E-state index in [0.717, 1.165) is 17.9 Å². The van der Waals surface area contributed by atoms with E-state index >= 15 is 0 Å². The van der Waals surface area contributed by atoms with Crippen LogP contribution < -0.4 is 19.9 Å². The maximum absolute atomic E-state index is 12.5. The molecule has 4 rings (SSSR count). The first-order valence-corrected chi connectivity index (χ1v) is 10.8. The lowest BCUT2D eigenvalue weighted by molar-refractivity contribution is 0.116. The lowest BCUT2D eigenvalue weighted by atomic mass is 9.96. The van der Waals surface area contributed by atoms with Gasteiger partial charge in [-0.2, -0.15) is 5.26 Å². The van der Waals surface area contributed by atoms with Crippen molar-refractivity contribution >= 4 is 16.7 Å². The van der Waals surface area contributed by atoms with Crippen LogP contribution >= 0.6 is 0 Å². The maximum Gasteiger partial charge on any atom is 0.252 e. The summed E-state index contributed by atoms with van der Waals surface area (Å²) < 4.78 is 13.4. The number of nitrogens with zero attached hydrogens (tertiary/aromatic N) is 5. The number of fused-ring (bicyclic) bond motifs is 1. The molecule has 0 saturated carbocycles. The van der Waals surface area contributed by atoms with Gasteiger partial charge in [0, 0.05) is 44.6 Å². The van der Waals surface area contributed by atoms with Crippen LogP contribution in [0.2, 0.25) is 0 Å². The van der Waals surface area contributed by atoms with Crippen LogP contribution in [-0.4, -0.2) is 39.8 Å². The van der Waals surface area contributed by atoms with Crippen molar-refractivity contribution in [1.82, 2.24) is 14.5 Å². The number of nitriles is 1. The zero-order valence-corrected chi connectivity index (χ0v) is 18.8. The quantitative estimate of drug-likeness (QED) is 0.609. The molecular weight excluding hydrogens is 406 g/mol. The standard InChI is InChI=1S/C24H27N5O3/c1-15(2)31-18-6-8-22(26-13-18)32-21-9-10-29(14-16(21)3)20-11-23(30)28(4)19-7-5-17(12-25)27-24(19)20/h5-8,11,13,15-16,21H,9-10,14H2,1-4H3/t16-,21-/m1/s1. The second-order valence-electron chi connectivity index (χ2n) is 8.47. The van der Waals surface area contributed by atoms with Gasteiger partial charge in [0.15, 0.2) is 0 Å². The van der Waals surface area contributed by atoms with Crippen LogP contribution in [0.3, 0.4) is 0 Å². The van der Waals surface area contributed by atoms with Gasteiger partial charge < -0.3 is 18.9 Å². The van der Waals surface area contributed by atoms with E-state index in [1.165, 1.54) is 0 Å². The molecule has 0 radical (unpaired) electrons. The summed E-state index contributed by atoms with van der Waals surface area (Å²) in [6.07, 6.45) is 2.56. The van der Waals surface area contributed by atoms with E-state index in [1.54, 1.807) is 36.0 Å². The van der Waals surface area contributed by atoms with Crippen LogP contribution in [0.25, 0.3) is 11.0 Å². The average Bonchev–Trinajstić information content (AvgIpc) is 2.78. The van der Waals surface area contributed by atoms with Gasteiger partial charge in [-0.1, -0.05) is 6.92 Å². The molecule has 8 nitrogen and oxygen atoms in total. The predicted molar refractivity (Wildman–Crippen MR) is 122 cm³/mol. The lowest BCUT2D eigenvalue weighted by Crippen LogP contribution is -2.45. The van der Waals surface area contributed by atoms with Gasteiger partial charge >= 0.3 is 0 Å². The second-order valence-corrected chi connectivity index (χ2v) is 8.47. The fourth-order valence-corrected chi connectivity index (χ4v) is 4.07. The normalized spacial score (nSPS) is 18.6. The van der Waals surface area contributed by atoms with Crippen LogP contribution in [0, 0.1) is 17.2 Å². The molecule has 0 N–H and O–H groups in total. The molecule has 32 heavy (non-hydrogen) atoms. The van der Waals surface area contributed by atoms with Crippen molar-refractivity contribution in [2.45, 2.75) is 39.4 Å². The molecule has 3 aromatic rings. The first-order valence-electron chi connectivity index (χ1n) is 10.8. The van der Waals surface area contributed by atoms with Gasteiger partial charge in [0.05, 0.1) is 23.5 Å². The Morgan fingerprint density at radius 1 is 1.25 bits per heavy atom. The van der Waals surface area contributed by atoms with Crippen LogP contribution in [0.15, 0.2) is 41.3 Å². The Morgan fingerprint density at radius 3 is 2.72 bits per heavy atom. The molecule has 1 fully saturated rings. The Bertz CT molecular complexity index is 1210. The third-order valence-electron chi connectivity index (χ3n) is 5.70. The lowest BCUT2D eigenvalue weighted by Gasteiger charge is -2.38. The summed E-state index contributed by atoms with van der Waals surface area (Å²) >= 11 is 0. The smallest absolute Gasteiger partial charge is 0.252 e. The minimum Gasteiger partial charge on any atom is -0.489 e. The van der Waals surface area contributed by atoms with Gasteiger partial charge in [-0.3, -0.25) is 4.79 Å². The molecule has 0 aliphatic carbocycles. The number of aromatic nitrogens is 3. The van der Waals surface area contributed by atoms with E-state index in [9.17, 15) is 10.1 Å². The number of pyridine rings is 3. The molecule has 3 aromatic heterocycles. The first kappa shape index (κ1) is 21.6. The van der Waals surface area contributed by atoms with E-state index in [-0.39, 0.29) is 23.7 Å². The Morgan fingerprint density at radius 2 is 2.06 bits per heavy atom. The SMILES string of the molecule is CC(C)Oc1ccc(O[C@@H]2CCN(c3cc(=O)n(C)c4ccc(C#N)nc34)C[C@H]2C)nc1. The molecule has 4 heterocycles. The molecule has 0 unspecified atom stereocenters. The highest BCUT2D eigenvalue weighted by molar-refractivity contribution is 5.88. The molecule has 0 spiro atoms. The molecular formula is C24H27N5O3. The molecule has 1 aliphatic rings. The fourth-order valence-electron chi connectivity index (χ4n) is 4.07. The molecule has 8 heteroatoms. The van der Waals surface area contributed by atoms with Gasteiger partial charge in [0.1, 0.15) is 29.1 Å². The highest BCUT2D eigenvalue weighted by Gasteiger charge is 2.29. The van der Waals surface area contributed by atoms with E-state index in [2.05, 4.69) is 27.9 Å². The molecule has 1 aliphatic heterocycles. The van der Waals surface area contributed by atoms with Gasteiger partial charge in [-0.15, -0.1) is 0 Å². The van der Waals surface area contributed by atoms with E-state index in [1.807, 2.05) is 26.0 Å². The number of piperidine rings is 1. The molecule has 0 aromatic carbocycles. The summed E-state index contributed by atoms with van der Waals surface area (Å²) in [5.74, 6) is 1.50. The monoisotopic (exact) mass is 433 g/mol. The Kier molecular flexibility index (Phi) is 5.99. The van der Waals surface area contributed by atoms with E-state index in [4.69, 9.17) is 9.47 Å². The van der Waals surface area contributed by atoms with Crippen LogP contribution in [0.4, 0.5) is 5.69 Å². The van der Waals surface area contributed by atoms with Crippen molar-refractivity contribution in [2.75, 3.05) is 18.0 Å². The van der Waals surface area contributed by atoms with Crippen LogP contribution in [-0.2, 0) is 7.05 Å². The Hall–Kier alpha value is -3.60. The van der Waals surface area contributed by atoms with Crippen molar-refractivity contribution in [3.05, 3.63) is 52.6 Å². The molecule has 1 saturated heterocycles. The zero-order valence-electron chi connectivity index (χ0n) is 18.8. The molecule has 166 valence electrons. The highest BCUT2D eigenvalue weighted by atomic mass is 16.5. The maximum atomic E-state index is 12.5. The Balaban J connectivity index is 1.52. The third kappa shape index (κ3) is 4.37. The number of anilines is 1. The highest BCUT2D eigenvalue weighted by Crippen LogP contribution is 2.30. The third-order valence-corrected chi connectivity index (χ3v) is 5.70. The zero-order chi connectivity index (χ0) is 22.8. The summed E-state index contributed by atoms with van der Waals surface area (Å²) in [4.78, 5) is 23.6. The average molecular weight is 434 g/mol. The van der Waals surface area contributed by atoms with Crippen LogP contribution in [0.5, 0.6) is 11.6 Å². The molecule has 0 bridgehead atoms. The fraction of sp³-hybridized carbons (Fsp3) is 0.417. The number of hydrogen-bond donors (Lipinski definition) is 0. The number of ether oxygens (including phenoxy) is 2. The number of hydrogen-bond acceptors (Lipinski definition) is 7. The largest absolute Gasteiger partial charge is 0.489 e. The van der Waals surface area contributed by atoms with E-state index in [0.29, 0.717) is 35.7 Å². The van der Waals surface area contributed by atoms with Crippen molar-refractivity contribution in [3.63, 3.8) is 0 Å². The predicted octanol–water partition coefficient (Wildman–Crippen LogP) is 3.28. The second kappa shape index (κ2) is 8.87. The Labute approximate surface area is 187 Å². The van der Waals surface area contributed by atoms with Gasteiger partial charge in [-0.25, -0.2) is 9.97 Å².